The van der Waals surface area contributed by atoms with Crippen molar-refractivity contribution in [2.24, 2.45) is 7.05 Å². The maximum Gasteiger partial charge on any atom is 0.329 e. The van der Waals surface area contributed by atoms with Crippen molar-refractivity contribution in [3.8, 4) is 0 Å². The Balaban J connectivity index is 1.70. The van der Waals surface area contributed by atoms with Gasteiger partial charge in [0.2, 0.25) is 5.91 Å². The molecule has 1 aliphatic rings. The van der Waals surface area contributed by atoms with E-state index >= 15 is 0 Å². The van der Waals surface area contributed by atoms with E-state index in [1.807, 2.05) is 30.7 Å². The number of rotatable bonds is 4. The summed E-state index contributed by atoms with van der Waals surface area (Å²) in [4.78, 5) is 37.5. The number of carbonyl (C=O) groups is 3. The van der Waals surface area contributed by atoms with Crippen molar-refractivity contribution in [3.05, 3.63) is 58.0 Å². The summed E-state index contributed by atoms with van der Waals surface area (Å²) in [6, 6.07) is 10.2. The average molecular weight is 417 g/mol. The van der Waals surface area contributed by atoms with Gasteiger partial charge in [-0.15, -0.1) is 0 Å². The van der Waals surface area contributed by atoms with Crippen LogP contribution < -0.4 is 10.6 Å². The quantitative estimate of drug-likeness (QED) is 0.593. The van der Waals surface area contributed by atoms with Crippen LogP contribution in [0.3, 0.4) is 0 Å². The molecule has 0 unspecified atom stereocenters. The lowest BCUT2D eigenvalue weighted by atomic mass is 10.3. The zero-order chi connectivity index (χ0) is 18.8. The zero-order valence-electron chi connectivity index (χ0n) is 14.2. The molecule has 1 aromatic carbocycles. The van der Waals surface area contributed by atoms with Gasteiger partial charge >= 0.3 is 6.03 Å². The van der Waals surface area contributed by atoms with Crippen molar-refractivity contribution in [2.45, 2.75) is 6.92 Å². The third-order valence-corrected chi connectivity index (χ3v) is 4.62. The van der Waals surface area contributed by atoms with E-state index in [1.54, 1.807) is 30.3 Å². The molecule has 4 amide bonds. The second kappa shape index (κ2) is 7.17. The first-order valence-electron chi connectivity index (χ1n) is 7.87. The van der Waals surface area contributed by atoms with E-state index < -0.39 is 17.8 Å². The summed E-state index contributed by atoms with van der Waals surface area (Å²) in [6.07, 6.45) is 1.60. The molecule has 1 fully saturated rings. The van der Waals surface area contributed by atoms with Gasteiger partial charge in [-0.1, -0.05) is 15.9 Å². The largest absolute Gasteiger partial charge is 0.348 e. The van der Waals surface area contributed by atoms with Crippen LogP contribution in [-0.2, 0) is 16.6 Å². The van der Waals surface area contributed by atoms with E-state index in [0.29, 0.717) is 5.69 Å². The van der Waals surface area contributed by atoms with Gasteiger partial charge in [0.05, 0.1) is 0 Å². The Labute approximate surface area is 158 Å². The summed E-state index contributed by atoms with van der Waals surface area (Å²) in [5.41, 5.74) is 2.54. The highest BCUT2D eigenvalue weighted by Gasteiger charge is 2.35. The number of hydrogen-bond donors (Lipinski definition) is 2. The van der Waals surface area contributed by atoms with Crippen LogP contribution in [0.1, 0.15) is 11.4 Å². The first-order chi connectivity index (χ1) is 12.3. The molecule has 0 atom stereocenters. The predicted molar refractivity (Wildman–Crippen MR) is 101 cm³/mol. The fraction of sp³-hybridized carbons (Fsp3) is 0.167. The number of halogens is 1. The van der Waals surface area contributed by atoms with Gasteiger partial charge in [0, 0.05) is 28.6 Å². The number of imide groups is 1. The second-order valence-corrected chi connectivity index (χ2v) is 6.81. The molecule has 3 rings (SSSR count). The van der Waals surface area contributed by atoms with Crippen LogP contribution in [0.4, 0.5) is 10.5 Å². The van der Waals surface area contributed by atoms with Crippen LogP contribution in [-0.4, -0.2) is 33.9 Å². The Morgan fingerprint density at radius 2 is 1.88 bits per heavy atom. The van der Waals surface area contributed by atoms with Crippen molar-refractivity contribution in [2.75, 3.05) is 11.9 Å². The highest BCUT2D eigenvalue weighted by atomic mass is 79.9. The third kappa shape index (κ3) is 3.70. The number of aromatic nitrogens is 1. The fourth-order valence-electron chi connectivity index (χ4n) is 2.52. The molecule has 134 valence electrons. The third-order valence-electron chi connectivity index (χ3n) is 4.10. The molecule has 0 bridgehead atoms. The van der Waals surface area contributed by atoms with Gasteiger partial charge in [0.15, 0.2) is 0 Å². The van der Waals surface area contributed by atoms with E-state index in [2.05, 4.69) is 26.6 Å². The van der Waals surface area contributed by atoms with E-state index in [-0.39, 0.29) is 12.2 Å². The molecule has 26 heavy (non-hydrogen) atoms. The normalized spacial score (nSPS) is 15.5. The van der Waals surface area contributed by atoms with E-state index in [1.165, 1.54) is 0 Å². The molecule has 1 aromatic heterocycles. The molecule has 2 aromatic rings. The van der Waals surface area contributed by atoms with Crippen LogP contribution >= 0.6 is 15.9 Å². The minimum absolute atomic E-state index is 0.146. The Hall–Kier alpha value is -2.87. The minimum atomic E-state index is -0.613. The van der Waals surface area contributed by atoms with Crippen LogP contribution in [0.15, 0.2) is 46.6 Å². The molecular weight excluding hydrogens is 400 g/mol. The lowest BCUT2D eigenvalue weighted by Gasteiger charge is -2.12. The summed E-state index contributed by atoms with van der Waals surface area (Å²) < 4.78 is 2.78. The van der Waals surface area contributed by atoms with E-state index in [9.17, 15) is 14.4 Å². The number of hydrogen-bond acceptors (Lipinski definition) is 3. The van der Waals surface area contributed by atoms with E-state index in [0.717, 1.165) is 20.8 Å². The highest BCUT2D eigenvalue weighted by Crippen LogP contribution is 2.17. The lowest BCUT2D eigenvalue weighted by Crippen LogP contribution is -2.38. The lowest BCUT2D eigenvalue weighted by molar-refractivity contribution is -0.127. The first kappa shape index (κ1) is 17.9. The zero-order valence-corrected chi connectivity index (χ0v) is 15.8. The van der Waals surface area contributed by atoms with Gasteiger partial charge in [-0.05, 0) is 49.4 Å². The summed E-state index contributed by atoms with van der Waals surface area (Å²) >= 11 is 3.31. The Morgan fingerprint density at radius 1 is 1.19 bits per heavy atom. The number of nitrogens with one attached hydrogen (secondary N) is 2. The van der Waals surface area contributed by atoms with Crippen LogP contribution in [0.25, 0.3) is 6.08 Å². The Bertz CT molecular complexity index is 915. The molecular formula is C18H17BrN4O3. The molecule has 2 heterocycles. The molecule has 7 nitrogen and oxygen atoms in total. The molecule has 0 spiro atoms. The molecule has 0 saturated carbocycles. The van der Waals surface area contributed by atoms with Gasteiger partial charge in [-0.2, -0.15) is 0 Å². The number of aryl methyl sites for hydroxylation is 1. The van der Waals surface area contributed by atoms with Crippen LogP contribution in [0.2, 0.25) is 0 Å². The number of benzene rings is 1. The van der Waals surface area contributed by atoms with Gasteiger partial charge in [-0.3, -0.25) is 9.59 Å². The maximum atomic E-state index is 12.4. The summed E-state index contributed by atoms with van der Waals surface area (Å²) in [6.45, 7) is 1.58. The van der Waals surface area contributed by atoms with Gasteiger partial charge in [0.25, 0.3) is 5.91 Å². The molecule has 1 saturated heterocycles. The summed E-state index contributed by atoms with van der Waals surface area (Å²) in [7, 11) is 1.87. The topological polar surface area (TPSA) is 83.4 Å². The highest BCUT2D eigenvalue weighted by molar-refractivity contribution is 9.10. The molecule has 2 N–H and O–H groups in total. The molecule has 1 aliphatic heterocycles. The first-order valence-corrected chi connectivity index (χ1v) is 8.67. The van der Waals surface area contributed by atoms with E-state index in [4.69, 9.17) is 0 Å². The summed E-state index contributed by atoms with van der Waals surface area (Å²) in [5, 5.41) is 5.17. The summed E-state index contributed by atoms with van der Waals surface area (Å²) in [5.74, 6) is -0.980. The van der Waals surface area contributed by atoms with Gasteiger partial charge in [0.1, 0.15) is 12.2 Å². The number of urea groups is 1. The minimum Gasteiger partial charge on any atom is -0.348 e. The van der Waals surface area contributed by atoms with Crippen molar-refractivity contribution >= 4 is 45.5 Å². The molecule has 0 radical (unpaired) electrons. The van der Waals surface area contributed by atoms with Gasteiger partial charge in [-0.25, -0.2) is 9.69 Å². The second-order valence-electron chi connectivity index (χ2n) is 5.89. The number of anilines is 1. The average Bonchev–Trinajstić information content (AvgIpc) is 3.05. The Kier molecular flexibility index (Phi) is 4.94. The standard InChI is InChI=1S/C18H17BrN4O3/c1-11-3-8-14(22(11)2)9-15-17(25)23(18(26)21-15)10-16(24)20-13-6-4-12(19)5-7-13/h3-9H,10H2,1-2H3,(H,20,24)(H,21,26)/b15-9-. The fourth-order valence-corrected chi connectivity index (χ4v) is 2.78. The maximum absolute atomic E-state index is 12.4. The Morgan fingerprint density at radius 3 is 2.50 bits per heavy atom. The predicted octanol–water partition coefficient (Wildman–Crippen LogP) is 2.63. The van der Waals surface area contributed by atoms with Crippen LogP contribution in [0.5, 0.6) is 0 Å². The van der Waals surface area contributed by atoms with Crippen molar-refractivity contribution < 1.29 is 14.4 Å². The monoisotopic (exact) mass is 416 g/mol. The number of nitrogens with zero attached hydrogens (tertiary/aromatic N) is 2. The SMILES string of the molecule is Cc1ccc(/C=C2\NC(=O)N(CC(=O)Nc3ccc(Br)cc3)C2=O)n1C. The smallest absolute Gasteiger partial charge is 0.329 e. The van der Waals surface area contributed by atoms with Crippen molar-refractivity contribution in [3.63, 3.8) is 0 Å². The number of carbonyl (C=O) groups excluding carboxylic acids is 3. The van der Waals surface area contributed by atoms with Crippen LogP contribution in [0, 0.1) is 6.92 Å². The number of amides is 4. The molecule has 0 aliphatic carbocycles. The van der Waals surface area contributed by atoms with Crippen molar-refractivity contribution in [1.29, 1.82) is 0 Å². The van der Waals surface area contributed by atoms with Gasteiger partial charge < -0.3 is 15.2 Å². The van der Waals surface area contributed by atoms with Crippen molar-refractivity contribution in [1.82, 2.24) is 14.8 Å². The molecule has 8 heteroatoms.